The number of hydrogen-bond donors (Lipinski definition) is 2. The summed E-state index contributed by atoms with van der Waals surface area (Å²) in [5.74, 6) is -0.443. The lowest BCUT2D eigenvalue weighted by Gasteiger charge is -2.14. The van der Waals surface area contributed by atoms with Crippen molar-refractivity contribution in [3.63, 3.8) is 0 Å². The highest BCUT2D eigenvalue weighted by atomic mass is 79.9. The zero-order chi connectivity index (χ0) is 16.5. The quantitative estimate of drug-likeness (QED) is 0.656. The lowest BCUT2D eigenvalue weighted by Crippen LogP contribution is -2.32. The fourth-order valence-corrected chi connectivity index (χ4v) is 2.13. The van der Waals surface area contributed by atoms with Crippen LogP contribution in [0.4, 0.5) is 5.82 Å². The molecule has 1 heterocycles. The number of hydrogen-bond acceptors (Lipinski definition) is 7. The van der Waals surface area contributed by atoms with Crippen LogP contribution in [0.1, 0.15) is 19.4 Å². The van der Waals surface area contributed by atoms with Crippen LogP contribution in [0.2, 0.25) is 0 Å². The average Bonchev–Trinajstić information content (AvgIpc) is 2.43. The van der Waals surface area contributed by atoms with E-state index in [9.17, 15) is 9.59 Å². The summed E-state index contributed by atoms with van der Waals surface area (Å²) in [6.07, 6.45) is 1.71. The molecule has 0 radical (unpaired) electrons. The first-order chi connectivity index (χ1) is 10.4. The molecule has 7 nitrogen and oxygen atoms in total. The van der Waals surface area contributed by atoms with E-state index in [1.807, 2.05) is 6.07 Å². The van der Waals surface area contributed by atoms with Crippen molar-refractivity contribution in [1.29, 1.82) is 0 Å². The Labute approximate surface area is 137 Å². The summed E-state index contributed by atoms with van der Waals surface area (Å²) in [7, 11) is 0. The second-order valence-electron chi connectivity index (χ2n) is 4.61. The maximum absolute atomic E-state index is 11.6. The van der Waals surface area contributed by atoms with Crippen LogP contribution in [-0.2, 0) is 25.5 Å². The number of halogens is 1. The van der Waals surface area contributed by atoms with Crippen molar-refractivity contribution in [2.24, 2.45) is 0 Å². The monoisotopic (exact) mass is 373 g/mol. The molecule has 22 heavy (non-hydrogen) atoms. The molecule has 1 unspecified atom stereocenters. The number of anilines is 1. The minimum atomic E-state index is -0.446. The molecule has 0 saturated carbocycles. The number of nitrogen functional groups attached to an aromatic ring is 1. The van der Waals surface area contributed by atoms with E-state index in [4.69, 9.17) is 15.2 Å². The van der Waals surface area contributed by atoms with Gasteiger partial charge in [-0.15, -0.1) is 0 Å². The van der Waals surface area contributed by atoms with Gasteiger partial charge in [-0.2, -0.15) is 0 Å². The molecule has 0 aliphatic heterocycles. The molecular weight excluding hydrogens is 354 g/mol. The number of pyridine rings is 1. The number of carbonyl (C=O) groups is 2. The van der Waals surface area contributed by atoms with E-state index in [2.05, 4.69) is 26.2 Å². The topological polar surface area (TPSA) is 104 Å². The number of rotatable bonds is 8. The summed E-state index contributed by atoms with van der Waals surface area (Å²) in [6, 6.07) is 1.84. The Morgan fingerprint density at radius 2 is 2.09 bits per heavy atom. The van der Waals surface area contributed by atoms with Gasteiger partial charge in [-0.25, -0.2) is 4.98 Å². The fraction of sp³-hybridized carbons (Fsp3) is 0.500. The van der Waals surface area contributed by atoms with Gasteiger partial charge in [-0.05, 0) is 41.4 Å². The van der Waals surface area contributed by atoms with Crippen LogP contribution in [0.5, 0.6) is 0 Å². The minimum Gasteiger partial charge on any atom is -0.465 e. The molecule has 0 aliphatic carbocycles. The van der Waals surface area contributed by atoms with E-state index >= 15 is 0 Å². The molecule has 0 aliphatic rings. The predicted octanol–water partition coefficient (Wildman–Crippen LogP) is 1.05. The highest BCUT2D eigenvalue weighted by Crippen LogP contribution is 2.17. The van der Waals surface area contributed by atoms with Gasteiger partial charge >= 0.3 is 11.9 Å². The largest absolute Gasteiger partial charge is 0.465 e. The van der Waals surface area contributed by atoms with Crippen LogP contribution in [0.15, 0.2) is 16.7 Å². The summed E-state index contributed by atoms with van der Waals surface area (Å²) in [6.45, 7) is 3.71. The predicted molar refractivity (Wildman–Crippen MR) is 85.1 cm³/mol. The highest BCUT2D eigenvalue weighted by molar-refractivity contribution is 9.10. The van der Waals surface area contributed by atoms with Gasteiger partial charge in [0.25, 0.3) is 0 Å². The summed E-state index contributed by atoms with van der Waals surface area (Å²) in [4.78, 5) is 26.8. The van der Waals surface area contributed by atoms with E-state index in [0.717, 1.165) is 10.0 Å². The molecule has 3 N–H and O–H groups in total. The van der Waals surface area contributed by atoms with Crippen LogP contribution >= 0.6 is 15.9 Å². The number of nitrogens with one attached hydrogen (secondary N) is 1. The smallest absolute Gasteiger partial charge is 0.320 e. The van der Waals surface area contributed by atoms with Gasteiger partial charge in [0, 0.05) is 17.1 Å². The Bertz CT molecular complexity index is 525. The van der Waals surface area contributed by atoms with Crippen molar-refractivity contribution < 1.29 is 19.1 Å². The third-order valence-corrected chi connectivity index (χ3v) is 3.09. The Morgan fingerprint density at radius 3 is 2.77 bits per heavy atom. The van der Waals surface area contributed by atoms with E-state index in [-0.39, 0.29) is 19.2 Å². The van der Waals surface area contributed by atoms with Gasteiger partial charge in [0.1, 0.15) is 11.9 Å². The number of ether oxygens (including phenoxy) is 2. The maximum atomic E-state index is 11.6. The molecule has 0 saturated heterocycles. The second-order valence-corrected chi connectivity index (χ2v) is 5.53. The lowest BCUT2D eigenvalue weighted by atomic mass is 10.1. The van der Waals surface area contributed by atoms with Crippen molar-refractivity contribution >= 4 is 33.7 Å². The molecule has 0 bridgehead atoms. The minimum absolute atomic E-state index is 0.0280. The van der Waals surface area contributed by atoms with Crippen molar-refractivity contribution in [1.82, 2.24) is 10.3 Å². The standard InChI is InChI=1S/C14H20BrN3O4/c1-3-21-12(19)7-17-8-13(20)22-9(2)4-10-5-11(15)6-18-14(10)16/h5-6,9,17H,3-4,7-8H2,1-2H3,(H2,16,18). The zero-order valence-corrected chi connectivity index (χ0v) is 14.2. The summed E-state index contributed by atoms with van der Waals surface area (Å²) in [5.41, 5.74) is 6.57. The third kappa shape index (κ3) is 6.86. The average molecular weight is 374 g/mol. The number of esters is 2. The Hall–Kier alpha value is -1.67. The van der Waals surface area contributed by atoms with Crippen molar-refractivity contribution in [2.45, 2.75) is 26.4 Å². The molecule has 1 aromatic heterocycles. The fourth-order valence-electron chi connectivity index (χ4n) is 1.75. The first kappa shape index (κ1) is 18.4. The Morgan fingerprint density at radius 1 is 1.41 bits per heavy atom. The first-order valence-corrected chi connectivity index (χ1v) is 7.67. The number of nitrogens with zero attached hydrogens (tertiary/aromatic N) is 1. The molecule has 0 fully saturated rings. The van der Waals surface area contributed by atoms with Crippen molar-refractivity contribution in [3.05, 3.63) is 22.3 Å². The molecule has 122 valence electrons. The van der Waals surface area contributed by atoms with Crippen LogP contribution in [0, 0.1) is 0 Å². The molecule has 1 rings (SSSR count). The maximum Gasteiger partial charge on any atom is 0.320 e. The van der Waals surface area contributed by atoms with Gasteiger partial charge in [-0.3, -0.25) is 14.9 Å². The molecular formula is C14H20BrN3O4. The second kappa shape index (κ2) is 9.37. The zero-order valence-electron chi connectivity index (χ0n) is 12.6. The molecule has 1 atom stereocenters. The number of aromatic nitrogens is 1. The number of carbonyl (C=O) groups excluding carboxylic acids is 2. The van der Waals surface area contributed by atoms with Crippen LogP contribution in [0.25, 0.3) is 0 Å². The molecule has 8 heteroatoms. The summed E-state index contributed by atoms with van der Waals surface area (Å²) >= 11 is 3.32. The van der Waals surface area contributed by atoms with E-state index in [1.165, 1.54) is 0 Å². The van der Waals surface area contributed by atoms with E-state index in [0.29, 0.717) is 18.8 Å². The summed E-state index contributed by atoms with van der Waals surface area (Å²) in [5, 5.41) is 2.67. The van der Waals surface area contributed by atoms with Crippen molar-refractivity contribution in [2.75, 3.05) is 25.4 Å². The van der Waals surface area contributed by atoms with Gasteiger partial charge < -0.3 is 15.2 Å². The highest BCUT2D eigenvalue weighted by Gasteiger charge is 2.13. The normalized spacial score (nSPS) is 11.8. The molecule has 0 aromatic carbocycles. The molecule has 0 amide bonds. The van der Waals surface area contributed by atoms with Crippen LogP contribution in [0.3, 0.4) is 0 Å². The van der Waals surface area contributed by atoms with Gasteiger partial charge in [0.15, 0.2) is 0 Å². The Balaban J connectivity index is 2.35. The number of nitrogens with two attached hydrogens (primary N) is 1. The van der Waals surface area contributed by atoms with E-state index < -0.39 is 11.9 Å². The lowest BCUT2D eigenvalue weighted by molar-refractivity contribution is -0.147. The van der Waals surface area contributed by atoms with Gasteiger partial charge in [-0.1, -0.05) is 0 Å². The SMILES string of the molecule is CCOC(=O)CNCC(=O)OC(C)Cc1cc(Br)cnc1N. The summed E-state index contributed by atoms with van der Waals surface area (Å²) < 4.78 is 10.8. The molecule has 0 spiro atoms. The van der Waals surface area contributed by atoms with Crippen LogP contribution in [-0.4, -0.2) is 42.7 Å². The first-order valence-electron chi connectivity index (χ1n) is 6.88. The van der Waals surface area contributed by atoms with E-state index in [1.54, 1.807) is 20.0 Å². The van der Waals surface area contributed by atoms with Gasteiger partial charge in [0.2, 0.25) is 0 Å². The molecule has 1 aromatic rings. The third-order valence-electron chi connectivity index (χ3n) is 2.65. The van der Waals surface area contributed by atoms with Gasteiger partial charge in [0.05, 0.1) is 19.7 Å². The Kier molecular flexibility index (Phi) is 7.83. The van der Waals surface area contributed by atoms with Crippen molar-refractivity contribution in [3.8, 4) is 0 Å². The van der Waals surface area contributed by atoms with Crippen LogP contribution < -0.4 is 11.1 Å².